The normalized spacial score (nSPS) is 32.4. The number of imide groups is 1. The maximum Gasteiger partial charge on any atom is 0.237 e. The molecule has 0 unspecified atom stereocenters. The fourth-order valence-electron chi connectivity index (χ4n) is 3.36. The van der Waals surface area contributed by atoms with E-state index in [2.05, 4.69) is 31.9 Å². The Balaban J connectivity index is 1.98. The lowest BCUT2D eigenvalue weighted by Gasteiger charge is -2.29. The SMILES string of the molecule is CCc1ccccc1N1C(=O)[C@@H]2C[C@H](Br)[C@@H](Br)C[C@H]2C1=O. The molecule has 1 aromatic carbocycles. The molecule has 1 aromatic rings. The van der Waals surface area contributed by atoms with Crippen molar-refractivity contribution in [1.82, 2.24) is 0 Å². The lowest BCUT2D eigenvalue weighted by molar-refractivity contribution is -0.122. The van der Waals surface area contributed by atoms with Gasteiger partial charge in [0.2, 0.25) is 11.8 Å². The lowest BCUT2D eigenvalue weighted by atomic mass is 9.81. The Morgan fingerprint density at radius 1 is 1.05 bits per heavy atom. The molecule has 2 amide bonds. The minimum Gasteiger partial charge on any atom is -0.274 e. The molecule has 0 N–H and O–H groups in total. The monoisotopic (exact) mass is 413 g/mol. The summed E-state index contributed by atoms with van der Waals surface area (Å²) in [5, 5.41) is 0. The fourth-order valence-corrected chi connectivity index (χ4v) is 4.60. The van der Waals surface area contributed by atoms with E-state index in [1.54, 1.807) is 0 Å². The van der Waals surface area contributed by atoms with E-state index in [-0.39, 0.29) is 33.3 Å². The van der Waals surface area contributed by atoms with Gasteiger partial charge in [-0.15, -0.1) is 0 Å². The van der Waals surface area contributed by atoms with Crippen molar-refractivity contribution in [2.75, 3.05) is 4.90 Å². The summed E-state index contributed by atoms with van der Waals surface area (Å²) in [6, 6.07) is 7.70. The van der Waals surface area contributed by atoms with E-state index in [9.17, 15) is 9.59 Å². The molecule has 0 bridgehead atoms. The number of para-hydroxylation sites is 1. The van der Waals surface area contributed by atoms with Gasteiger partial charge < -0.3 is 0 Å². The smallest absolute Gasteiger partial charge is 0.237 e. The van der Waals surface area contributed by atoms with Crippen molar-refractivity contribution in [2.45, 2.75) is 35.8 Å². The minimum absolute atomic E-state index is 0.0326. The van der Waals surface area contributed by atoms with Crippen molar-refractivity contribution in [2.24, 2.45) is 11.8 Å². The zero-order valence-electron chi connectivity index (χ0n) is 11.8. The van der Waals surface area contributed by atoms with E-state index in [1.807, 2.05) is 31.2 Å². The Bertz CT molecular complexity index is 561. The summed E-state index contributed by atoms with van der Waals surface area (Å²) in [7, 11) is 0. The van der Waals surface area contributed by atoms with Crippen molar-refractivity contribution in [3.8, 4) is 0 Å². The van der Waals surface area contributed by atoms with Crippen LogP contribution >= 0.6 is 31.9 Å². The number of benzene rings is 1. The highest BCUT2D eigenvalue weighted by Gasteiger charge is 2.52. The Labute approximate surface area is 141 Å². The molecule has 3 nitrogen and oxygen atoms in total. The zero-order valence-corrected chi connectivity index (χ0v) is 14.9. The van der Waals surface area contributed by atoms with Crippen LogP contribution in [0.15, 0.2) is 24.3 Å². The van der Waals surface area contributed by atoms with E-state index in [0.717, 1.165) is 30.5 Å². The van der Waals surface area contributed by atoms with E-state index >= 15 is 0 Å². The molecule has 0 spiro atoms. The summed E-state index contributed by atoms with van der Waals surface area (Å²) >= 11 is 7.23. The van der Waals surface area contributed by atoms with Gasteiger partial charge in [0.1, 0.15) is 0 Å². The molecule has 1 aliphatic heterocycles. The summed E-state index contributed by atoms with van der Waals surface area (Å²) in [5.41, 5.74) is 1.81. The average molecular weight is 415 g/mol. The lowest BCUT2D eigenvalue weighted by Crippen LogP contribution is -2.34. The number of aryl methyl sites for hydroxylation is 1. The number of nitrogens with zero attached hydrogens (tertiary/aromatic N) is 1. The highest BCUT2D eigenvalue weighted by atomic mass is 79.9. The quantitative estimate of drug-likeness (QED) is 0.546. The van der Waals surface area contributed by atoms with Gasteiger partial charge >= 0.3 is 0 Å². The van der Waals surface area contributed by atoms with Gasteiger partial charge in [0.25, 0.3) is 0 Å². The maximum atomic E-state index is 12.7. The molecule has 3 rings (SSSR count). The van der Waals surface area contributed by atoms with Gasteiger partial charge in [-0.1, -0.05) is 57.0 Å². The van der Waals surface area contributed by atoms with Gasteiger partial charge in [-0.05, 0) is 30.9 Å². The van der Waals surface area contributed by atoms with Crippen molar-refractivity contribution in [1.29, 1.82) is 0 Å². The third kappa shape index (κ3) is 2.48. The van der Waals surface area contributed by atoms with Crippen molar-refractivity contribution in [3.63, 3.8) is 0 Å². The van der Waals surface area contributed by atoms with Crippen LogP contribution in [0.4, 0.5) is 5.69 Å². The molecule has 1 saturated heterocycles. The maximum absolute atomic E-state index is 12.7. The van der Waals surface area contributed by atoms with Crippen molar-refractivity contribution in [3.05, 3.63) is 29.8 Å². The standard InChI is InChI=1S/C16H17Br2NO2/c1-2-9-5-3-4-6-14(9)19-15(20)10-7-12(17)13(18)8-11(10)16(19)21/h3-6,10-13H,2,7-8H2,1H3/t10-,11-,12+,13+/m1/s1. The number of alkyl halides is 2. The van der Waals surface area contributed by atoms with Crippen LogP contribution in [0, 0.1) is 11.8 Å². The van der Waals surface area contributed by atoms with Crippen LogP contribution in [-0.2, 0) is 16.0 Å². The number of halogens is 2. The summed E-state index contributed by atoms with van der Waals surface area (Å²) in [6.45, 7) is 2.04. The van der Waals surface area contributed by atoms with Crippen molar-refractivity contribution >= 4 is 49.4 Å². The minimum atomic E-state index is -0.180. The highest BCUT2D eigenvalue weighted by Crippen LogP contribution is 2.44. The summed E-state index contributed by atoms with van der Waals surface area (Å²) in [6.07, 6.45) is 2.25. The van der Waals surface area contributed by atoms with Crippen LogP contribution in [0.2, 0.25) is 0 Å². The first-order chi connectivity index (χ1) is 10.0. The zero-order chi connectivity index (χ0) is 15.1. The number of hydrogen-bond acceptors (Lipinski definition) is 2. The number of carbonyl (C=O) groups excluding carboxylic acids is 2. The third-order valence-electron chi connectivity index (χ3n) is 4.52. The molecule has 5 heteroatoms. The second kappa shape index (κ2) is 5.84. The molecule has 21 heavy (non-hydrogen) atoms. The number of carbonyl (C=O) groups is 2. The van der Waals surface area contributed by atoms with Crippen molar-refractivity contribution < 1.29 is 9.59 Å². The molecule has 1 saturated carbocycles. The Kier molecular flexibility index (Phi) is 4.23. The van der Waals surface area contributed by atoms with Crippen LogP contribution in [0.3, 0.4) is 0 Å². The number of rotatable bonds is 2. The topological polar surface area (TPSA) is 37.4 Å². The molecular formula is C16H17Br2NO2. The molecule has 4 atom stereocenters. The highest BCUT2D eigenvalue weighted by molar-refractivity contribution is 9.12. The predicted octanol–water partition coefficient (Wildman–Crippen LogP) is 3.68. The van der Waals surface area contributed by atoms with Gasteiger partial charge in [0.05, 0.1) is 17.5 Å². The molecule has 0 aromatic heterocycles. The second-order valence-electron chi connectivity index (χ2n) is 5.71. The molecular weight excluding hydrogens is 398 g/mol. The third-order valence-corrected chi connectivity index (χ3v) is 7.26. The molecule has 2 fully saturated rings. The van der Waals surface area contributed by atoms with Crippen LogP contribution in [0.1, 0.15) is 25.3 Å². The number of amides is 2. The first kappa shape index (κ1) is 15.2. The predicted molar refractivity (Wildman–Crippen MR) is 90.0 cm³/mol. The average Bonchev–Trinajstić information content (AvgIpc) is 2.71. The van der Waals surface area contributed by atoms with Gasteiger partial charge in [-0.2, -0.15) is 0 Å². The molecule has 112 valence electrons. The van der Waals surface area contributed by atoms with Crippen LogP contribution in [0.5, 0.6) is 0 Å². The number of anilines is 1. The second-order valence-corrected chi connectivity index (χ2v) is 8.06. The van der Waals surface area contributed by atoms with E-state index in [4.69, 9.17) is 0 Å². The Hall–Kier alpha value is -0.680. The van der Waals surface area contributed by atoms with Gasteiger partial charge in [-0.25, -0.2) is 4.90 Å². The van der Waals surface area contributed by atoms with Gasteiger partial charge in [-0.3, -0.25) is 9.59 Å². The van der Waals surface area contributed by atoms with Gasteiger partial charge in [0.15, 0.2) is 0 Å². The van der Waals surface area contributed by atoms with Crippen LogP contribution in [0.25, 0.3) is 0 Å². The summed E-state index contributed by atoms with van der Waals surface area (Å²) < 4.78 is 0. The van der Waals surface area contributed by atoms with E-state index in [1.165, 1.54) is 4.90 Å². The number of fused-ring (bicyclic) bond motifs is 1. The van der Waals surface area contributed by atoms with E-state index in [0.29, 0.717) is 0 Å². The van der Waals surface area contributed by atoms with E-state index < -0.39 is 0 Å². The summed E-state index contributed by atoms with van der Waals surface area (Å²) in [4.78, 5) is 27.4. The largest absolute Gasteiger partial charge is 0.274 e. The van der Waals surface area contributed by atoms with Gasteiger partial charge in [0, 0.05) is 9.65 Å². The molecule has 1 aliphatic carbocycles. The number of hydrogen-bond donors (Lipinski definition) is 0. The Morgan fingerprint density at radius 3 is 2.10 bits per heavy atom. The first-order valence-electron chi connectivity index (χ1n) is 7.28. The fraction of sp³-hybridized carbons (Fsp3) is 0.500. The first-order valence-corrected chi connectivity index (χ1v) is 9.11. The van der Waals surface area contributed by atoms with Crippen LogP contribution < -0.4 is 4.90 Å². The van der Waals surface area contributed by atoms with Crippen LogP contribution in [-0.4, -0.2) is 21.5 Å². The summed E-state index contributed by atoms with van der Waals surface area (Å²) in [5.74, 6) is -0.425. The molecule has 1 heterocycles. The Morgan fingerprint density at radius 2 is 1.57 bits per heavy atom. The molecule has 0 radical (unpaired) electrons. The molecule has 2 aliphatic rings.